The quantitative estimate of drug-likeness (QED) is 0.300. The number of nitrogens with zero attached hydrogens (tertiary/aromatic N) is 4. The van der Waals surface area contributed by atoms with Crippen LogP contribution in [0.4, 0.5) is 16.5 Å². The Morgan fingerprint density at radius 1 is 1.48 bits per heavy atom. The second-order valence-corrected chi connectivity index (χ2v) is 6.95. The molecule has 0 radical (unpaired) electrons. The lowest BCUT2D eigenvalue weighted by molar-refractivity contribution is -0.385. The summed E-state index contributed by atoms with van der Waals surface area (Å²) in [7, 11) is 0. The zero-order valence-corrected chi connectivity index (χ0v) is 16.7. The van der Waals surface area contributed by atoms with Crippen molar-refractivity contribution >= 4 is 40.0 Å². The largest absolute Gasteiger partial charge is 0.466 e. The molecule has 0 atom stereocenters. The molecule has 0 spiro atoms. The van der Waals surface area contributed by atoms with Gasteiger partial charge in [0.1, 0.15) is 0 Å². The average molecular weight is 419 g/mol. The van der Waals surface area contributed by atoms with Gasteiger partial charge < -0.3 is 14.4 Å². The van der Waals surface area contributed by atoms with Gasteiger partial charge >= 0.3 is 5.97 Å². The molecule has 1 fully saturated rings. The van der Waals surface area contributed by atoms with Gasteiger partial charge in [0.25, 0.3) is 5.69 Å². The Labute approximate surface area is 171 Å². The van der Waals surface area contributed by atoms with E-state index in [1.165, 1.54) is 23.6 Å². The Morgan fingerprint density at radius 3 is 3.00 bits per heavy atom. The summed E-state index contributed by atoms with van der Waals surface area (Å²) < 4.78 is 10.2. The van der Waals surface area contributed by atoms with Crippen molar-refractivity contribution in [3.63, 3.8) is 0 Å². The number of carbonyl (C=O) groups is 1. The molecular weight excluding hydrogens is 398 g/mol. The number of nitro benzene ring substituents is 1. The summed E-state index contributed by atoms with van der Waals surface area (Å²) in [5.41, 5.74) is 4.56. The molecule has 2 heterocycles. The van der Waals surface area contributed by atoms with E-state index in [2.05, 4.69) is 20.4 Å². The summed E-state index contributed by atoms with van der Waals surface area (Å²) in [5.74, 6) is -0.344. The van der Waals surface area contributed by atoms with E-state index < -0.39 is 4.92 Å². The maximum Gasteiger partial charge on any atom is 0.311 e. The Morgan fingerprint density at radius 2 is 2.28 bits per heavy atom. The van der Waals surface area contributed by atoms with E-state index in [0.29, 0.717) is 36.2 Å². The van der Waals surface area contributed by atoms with Crippen LogP contribution in [0.15, 0.2) is 28.7 Å². The number of aromatic nitrogens is 1. The first kappa shape index (κ1) is 20.7. The second kappa shape index (κ2) is 9.94. The van der Waals surface area contributed by atoms with Crippen molar-refractivity contribution in [1.82, 2.24) is 4.98 Å². The monoisotopic (exact) mass is 419 g/mol. The Balaban J connectivity index is 1.69. The summed E-state index contributed by atoms with van der Waals surface area (Å²) in [5, 5.41) is 17.6. The SMILES string of the molecule is CCOC(=O)Cc1csc(NN=Cc2cc(N3CCOCC3)ccc2[N+](=O)[O-])n1. The number of nitrogens with one attached hydrogen (secondary N) is 1. The lowest BCUT2D eigenvalue weighted by Crippen LogP contribution is -2.36. The van der Waals surface area contributed by atoms with E-state index in [-0.39, 0.29) is 18.1 Å². The summed E-state index contributed by atoms with van der Waals surface area (Å²) in [6.45, 7) is 4.78. The van der Waals surface area contributed by atoms with Crippen LogP contribution in [0.2, 0.25) is 0 Å². The van der Waals surface area contributed by atoms with Crippen molar-refractivity contribution < 1.29 is 19.2 Å². The number of benzene rings is 1. The van der Waals surface area contributed by atoms with Crippen LogP contribution in [0.3, 0.4) is 0 Å². The van der Waals surface area contributed by atoms with Crippen LogP contribution in [0.5, 0.6) is 0 Å². The third-order valence-corrected chi connectivity index (χ3v) is 4.93. The molecule has 154 valence electrons. The van der Waals surface area contributed by atoms with Crippen molar-refractivity contribution in [1.29, 1.82) is 0 Å². The smallest absolute Gasteiger partial charge is 0.311 e. The van der Waals surface area contributed by atoms with Crippen LogP contribution >= 0.6 is 11.3 Å². The third-order valence-electron chi connectivity index (χ3n) is 4.13. The predicted molar refractivity (Wildman–Crippen MR) is 110 cm³/mol. The van der Waals surface area contributed by atoms with E-state index in [9.17, 15) is 14.9 Å². The molecule has 3 rings (SSSR count). The molecule has 11 heteroatoms. The third kappa shape index (κ3) is 5.72. The number of morpholine rings is 1. The van der Waals surface area contributed by atoms with Gasteiger partial charge in [-0.05, 0) is 19.1 Å². The van der Waals surface area contributed by atoms with Crippen LogP contribution in [0, 0.1) is 10.1 Å². The Hall–Kier alpha value is -3.05. The number of carbonyl (C=O) groups excluding carboxylic acids is 1. The maximum atomic E-state index is 11.5. The lowest BCUT2D eigenvalue weighted by Gasteiger charge is -2.28. The molecule has 0 amide bonds. The maximum absolute atomic E-state index is 11.5. The number of hydrogen-bond donors (Lipinski definition) is 1. The summed E-state index contributed by atoms with van der Waals surface area (Å²) in [6, 6.07) is 4.95. The van der Waals surface area contributed by atoms with E-state index in [0.717, 1.165) is 18.8 Å². The van der Waals surface area contributed by atoms with Gasteiger partial charge in [-0.25, -0.2) is 4.98 Å². The minimum atomic E-state index is -0.439. The number of thiazole rings is 1. The number of rotatable bonds is 8. The van der Waals surface area contributed by atoms with Gasteiger partial charge in [-0.2, -0.15) is 5.10 Å². The van der Waals surface area contributed by atoms with Gasteiger partial charge in [-0.15, -0.1) is 11.3 Å². The number of nitro groups is 1. The highest BCUT2D eigenvalue weighted by Gasteiger charge is 2.17. The molecule has 1 N–H and O–H groups in total. The molecule has 2 aromatic rings. The molecular formula is C18H21N5O5S. The van der Waals surface area contributed by atoms with Crippen molar-refractivity contribution in [3.8, 4) is 0 Å². The Bertz CT molecular complexity index is 895. The molecule has 0 bridgehead atoms. The highest BCUT2D eigenvalue weighted by atomic mass is 32.1. The second-order valence-electron chi connectivity index (χ2n) is 6.10. The van der Waals surface area contributed by atoms with Gasteiger partial charge in [-0.1, -0.05) is 0 Å². The number of ether oxygens (including phenoxy) is 2. The number of anilines is 2. The van der Waals surface area contributed by atoms with E-state index in [1.54, 1.807) is 24.4 Å². The highest BCUT2D eigenvalue weighted by molar-refractivity contribution is 7.13. The molecule has 1 saturated heterocycles. The average Bonchev–Trinajstić information content (AvgIpc) is 3.15. The summed E-state index contributed by atoms with van der Waals surface area (Å²) >= 11 is 1.28. The minimum Gasteiger partial charge on any atom is -0.466 e. The van der Waals surface area contributed by atoms with Crippen molar-refractivity contribution in [2.75, 3.05) is 43.2 Å². The van der Waals surface area contributed by atoms with Crippen LogP contribution < -0.4 is 10.3 Å². The normalized spacial score (nSPS) is 14.2. The van der Waals surface area contributed by atoms with Gasteiger partial charge in [0.2, 0.25) is 5.13 Å². The first-order valence-corrected chi connectivity index (χ1v) is 9.95. The summed E-state index contributed by atoms with van der Waals surface area (Å²) in [6.07, 6.45) is 1.48. The zero-order valence-electron chi connectivity index (χ0n) is 15.9. The fourth-order valence-electron chi connectivity index (χ4n) is 2.79. The molecule has 29 heavy (non-hydrogen) atoms. The van der Waals surface area contributed by atoms with Gasteiger partial charge in [0.15, 0.2) is 0 Å². The van der Waals surface area contributed by atoms with Gasteiger partial charge in [0.05, 0.1) is 48.6 Å². The van der Waals surface area contributed by atoms with E-state index >= 15 is 0 Å². The van der Waals surface area contributed by atoms with E-state index in [4.69, 9.17) is 9.47 Å². The van der Waals surface area contributed by atoms with Gasteiger partial charge in [-0.3, -0.25) is 20.3 Å². The van der Waals surface area contributed by atoms with E-state index in [1.807, 2.05) is 0 Å². The molecule has 0 unspecified atom stereocenters. The van der Waals surface area contributed by atoms with Crippen molar-refractivity contribution in [3.05, 3.63) is 45.0 Å². The van der Waals surface area contributed by atoms with Crippen LogP contribution in [0.25, 0.3) is 0 Å². The molecule has 1 aromatic carbocycles. The first-order chi connectivity index (χ1) is 14.1. The fourth-order valence-corrected chi connectivity index (χ4v) is 3.45. The zero-order chi connectivity index (χ0) is 20.6. The molecule has 1 aromatic heterocycles. The standard InChI is InChI=1S/C18H21N5O5S/c1-2-28-17(24)10-14-12-29-18(20-14)21-19-11-13-9-15(3-4-16(13)23(25)26)22-5-7-27-8-6-22/h3-4,9,11-12H,2,5-8,10H2,1H3,(H,20,21). The topological polar surface area (TPSA) is 119 Å². The molecule has 0 aliphatic carbocycles. The predicted octanol–water partition coefficient (Wildman–Crippen LogP) is 2.44. The molecule has 10 nitrogen and oxygen atoms in total. The van der Waals surface area contributed by atoms with Gasteiger partial charge in [0, 0.05) is 30.2 Å². The van der Waals surface area contributed by atoms with Crippen LogP contribution in [0.1, 0.15) is 18.2 Å². The van der Waals surface area contributed by atoms with Crippen molar-refractivity contribution in [2.24, 2.45) is 5.10 Å². The summed E-state index contributed by atoms with van der Waals surface area (Å²) in [4.78, 5) is 28.8. The lowest BCUT2D eigenvalue weighted by atomic mass is 10.1. The number of esters is 1. The highest BCUT2D eigenvalue weighted by Crippen LogP contribution is 2.25. The minimum absolute atomic E-state index is 0.0327. The fraction of sp³-hybridized carbons (Fsp3) is 0.389. The number of hydrazone groups is 1. The Kier molecular flexibility index (Phi) is 7.09. The number of hydrogen-bond acceptors (Lipinski definition) is 10. The molecule has 1 aliphatic rings. The molecule has 1 aliphatic heterocycles. The van der Waals surface area contributed by atoms with Crippen LogP contribution in [-0.2, 0) is 20.7 Å². The first-order valence-electron chi connectivity index (χ1n) is 9.07. The van der Waals surface area contributed by atoms with Crippen molar-refractivity contribution in [2.45, 2.75) is 13.3 Å². The van der Waals surface area contributed by atoms with Crippen LogP contribution in [-0.4, -0.2) is 55.0 Å². The molecule has 0 saturated carbocycles.